The van der Waals surface area contributed by atoms with Gasteiger partial charge in [0.1, 0.15) is 5.69 Å². The Morgan fingerprint density at radius 1 is 1.37 bits per heavy atom. The van der Waals surface area contributed by atoms with E-state index in [9.17, 15) is 4.79 Å². The molecule has 0 aliphatic carbocycles. The normalized spacial score (nSPS) is 10.6. The van der Waals surface area contributed by atoms with Gasteiger partial charge in [-0.1, -0.05) is 5.10 Å². The highest BCUT2D eigenvalue weighted by atomic mass is 16.4. The molecule has 3 aromatic rings. The zero-order valence-corrected chi connectivity index (χ0v) is 9.90. The van der Waals surface area contributed by atoms with Crippen LogP contribution in [-0.2, 0) is 7.05 Å². The molecule has 0 bridgehead atoms. The van der Waals surface area contributed by atoms with Gasteiger partial charge in [0.25, 0.3) is 11.8 Å². The average Bonchev–Trinajstić information content (AvgIpc) is 3.07. The molecule has 1 N–H and O–H groups in total. The lowest BCUT2D eigenvalue weighted by molar-refractivity contribution is 0.101. The quantitative estimate of drug-likeness (QED) is 0.761. The van der Waals surface area contributed by atoms with Crippen molar-refractivity contribution < 1.29 is 13.6 Å². The van der Waals surface area contributed by atoms with E-state index in [1.807, 2.05) is 0 Å². The maximum atomic E-state index is 11.9. The Bertz CT molecular complexity index is 698. The second kappa shape index (κ2) is 4.41. The van der Waals surface area contributed by atoms with Crippen molar-refractivity contribution in [2.45, 2.75) is 0 Å². The standard InChI is InChI=1S/C11H9N5O3/c1-16-7(4-5-12-16)9(17)13-11-15-14-10(19-11)8-3-2-6-18-8/h2-6H,1H3,(H,13,15,17). The van der Waals surface area contributed by atoms with Crippen LogP contribution in [-0.4, -0.2) is 25.9 Å². The van der Waals surface area contributed by atoms with Crippen LogP contribution >= 0.6 is 0 Å². The molecule has 8 nitrogen and oxygen atoms in total. The number of carbonyl (C=O) groups is 1. The highest BCUT2D eigenvalue weighted by Crippen LogP contribution is 2.20. The topological polar surface area (TPSA) is 99.0 Å². The number of hydrogen-bond acceptors (Lipinski definition) is 6. The molecular formula is C11H9N5O3. The van der Waals surface area contributed by atoms with Gasteiger partial charge in [-0.05, 0) is 18.2 Å². The van der Waals surface area contributed by atoms with Crippen molar-refractivity contribution in [3.05, 3.63) is 36.4 Å². The van der Waals surface area contributed by atoms with E-state index in [2.05, 4.69) is 20.6 Å². The van der Waals surface area contributed by atoms with Crippen LogP contribution < -0.4 is 5.32 Å². The molecule has 0 fully saturated rings. The summed E-state index contributed by atoms with van der Waals surface area (Å²) in [6.07, 6.45) is 3.02. The summed E-state index contributed by atoms with van der Waals surface area (Å²) >= 11 is 0. The second-order valence-electron chi connectivity index (χ2n) is 3.68. The van der Waals surface area contributed by atoms with Gasteiger partial charge in [0.15, 0.2) is 5.76 Å². The number of carbonyl (C=O) groups excluding carboxylic acids is 1. The van der Waals surface area contributed by atoms with Crippen LogP contribution in [0.3, 0.4) is 0 Å². The zero-order chi connectivity index (χ0) is 13.2. The molecule has 3 heterocycles. The predicted molar refractivity (Wildman–Crippen MR) is 63.2 cm³/mol. The Hall–Kier alpha value is -2.90. The summed E-state index contributed by atoms with van der Waals surface area (Å²) in [4.78, 5) is 11.9. The summed E-state index contributed by atoms with van der Waals surface area (Å²) in [5, 5.41) is 13.9. The van der Waals surface area contributed by atoms with E-state index in [-0.39, 0.29) is 17.8 Å². The molecule has 0 atom stereocenters. The third-order valence-electron chi connectivity index (χ3n) is 2.43. The fraction of sp³-hybridized carbons (Fsp3) is 0.0909. The van der Waals surface area contributed by atoms with E-state index in [0.717, 1.165) is 0 Å². The van der Waals surface area contributed by atoms with Crippen molar-refractivity contribution in [1.82, 2.24) is 20.0 Å². The van der Waals surface area contributed by atoms with Gasteiger partial charge in [0.05, 0.1) is 6.26 Å². The average molecular weight is 259 g/mol. The molecule has 19 heavy (non-hydrogen) atoms. The van der Waals surface area contributed by atoms with Crippen LogP contribution in [0.2, 0.25) is 0 Å². The maximum Gasteiger partial charge on any atom is 0.322 e. The maximum absolute atomic E-state index is 11.9. The highest BCUT2D eigenvalue weighted by Gasteiger charge is 2.15. The SMILES string of the molecule is Cn1nccc1C(=O)Nc1nnc(-c2ccco2)o1. The fourth-order valence-corrected chi connectivity index (χ4v) is 1.53. The third kappa shape index (κ3) is 2.10. The molecule has 96 valence electrons. The molecule has 0 aliphatic rings. The monoisotopic (exact) mass is 259 g/mol. The summed E-state index contributed by atoms with van der Waals surface area (Å²) in [6, 6.07) is 4.96. The van der Waals surface area contributed by atoms with Gasteiger partial charge in [0.2, 0.25) is 0 Å². The van der Waals surface area contributed by atoms with E-state index in [1.54, 1.807) is 25.2 Å². The van der Waals surface area contributed by atoms with Crippen LogP contribution in [0.25, 0.3) is 11.7 Å². The van der Waals surface area contributed by atoms with Crippen molar-refractivity contribution in [3.63, 3.8) is 0 Å². The number of nitrogens with zero attached hydrogens (tertiary/aromatic N) is 4. The van der Waals surface area contributed by atoms with Crippen LogP contribution in [0.1, 0.15) is 10.5 Å². The molecule has 0 saturated carbocycles. The molecule has 8 heteroatoms. The van der Waals surface area contributed by atoms with Gasteiger partial charge in [0, 0.05) is 13.2 Å². The summed E-state index contributed by atoms with van der Waals surface area (Å²) in [5.41, 5.74) is 0.387. The van der Waals surface area contributed by atoms with Crippen molar-refractivity contribution in [3.8, 4) is 11.7 Å². The Balaban J connectivity index is 1.78. The largest absolute Gasteiger partial charge is 0.459 e. The second-order valence-corrected chi connectivity index (χ2v) is 3.68. The van der Waals surface area contributed by atoms with Crippen LogP contribution in [0.4, 0.5) is 6.01 Å². The number of hydrogen-bond donors (Lipinski definition) is 1. The molecule has 0 spiro atoms. The lowest BCUT2D eigenvalue weighted by Crippen LogP contribution is -2.16. The molecular weight excluding hydrogens is 250 g/mol. The van der Waals surface area contributed by atoms with E-state index >= 15 is 0 Å². The Morgan fingerprint density at radius 2 is 2.26 bits per heavy atom. The third-order valence-corrected chi connectivity index (χ3v) is 2.43. The van der Waals surface area contributed by atoms with E-state index in [4.69, 9.17) is 8.83 Å². The van der Waals surface area contributed by atoms with Crippen LogP contribution in [0.15, 0.2) is 39.5 Å². The number of anilines is 1. The number of furan rings is 1. The summed E-state index contributed by atoms with van der Waals surface area (Å²) in [6.45, 7) is 0. The minimum Gasteiger partial charge on any atom is -0.459 e. The number of nitrogens with one attached hydrogen (secondary N) is 1. The van der Waals surface area contributed by atoms with Crippen molar-refractivity contribution in [2.24, 2.45) is 7.05 Å². The number of rotatable bonds is 3. The van der Waals surface area contributed by atoms with Crippen molar-refractivity contribution in [1.29, 1.82) is 0 Å². The first-order valence-corrected chi connectivity index (χ1v) is 5.41. The lowest BCUT2D eigenvalue weighted by atomic mass is 10.4. The van der Waals surface area contributed by atoms with Crippen molar-refractivity contribution >= 4 is 11.9 Å². The molecule has 3 rings (SSSR count). The molecule has 3 aromatic heterocycles. The summed E-state index contributed by atoms with van der Waals surface area (Å²) in [7, 11) is 1.66. The Kier molecular flexibility index (Phi) is 2.60. The molecule has 0 aromatic carbocycles. The minimum absolute atomic E-state index is 0.00222. The zero-order valence-electron chi connectivity index (χ0n) is 9.90. The van der Waals surface area contributed by atoms with Gasteiger partial charge in [-0.2, -0.15) is 5.10 Å². The smallest absolute Gasteiger partial charge is 0.322 e. The van der Waals surface area contributed by atoms with Gasteiger partial charge in [-0.15, -0.1) is 5.10 Å². The van der Waals surface area contributed by atoms with Gasteiger partial charge >= 0.3 is 6.01 Å². The fourth-order valence-electron chi connectivity index (χ4n) is 1.53. The van der Waals surface area contributed by atoms with Crippen LogP contribution in [0, 0.1) is 0 Å². The first-order chi connectivity index (χ1) is 9.24. The molecule has 0 radical (unpaired) electrons. The molecule has 1 amide bonds. The van der Waals surface area contributed by atoms with E-state index in [1.165, 1.54) is 17.1 Å². The first kappa shape index (κ1) is 11.2. The summed E-state index contributed by atoms with van der Waals surface area (Å²) < 4.78 is 11.8. The van der Waals surface area contributed by atoms with E-state index < -0.39 is 0 Å². The number of aromatic nitrogens is 4. The van der Waals surface area contributed by atoms with Gasteiger partial charge in [-0.3, -0.25) is 14.8 Å². The number of aryl methyl sites for hydroxylation is 1. The molecule has 0 saturated heterocycles. The highest BCUT2D eigenvalue weighted by molar-refractivity contribution is 6.01. The van der Waals surface area contributed by atoms with Gasteiger partial charge < -0.3 is 8.83 Å². The first-order valence-electron chi connectivity index (χ1n) is 5.41. The Labute approximate surface area is 107 Å². The summed E-state index contributed by atoms with van der Waals surface area (Å²) in [5.74, 6) is 0.258. The molecule has 0 aliphatic heterocycles. The van der Waals surface area contributed by atoms with Crippen LogP contribution in [0.5, 0.6) is 0 Å². The lowest BCUT2D eigenvalue weighted by Gasteiger charge is -1.99. The molecule has 0 unspecified atom stereocenters. The predicted octanol–water partition coefficient (Wildman–Crippen LogP) is 1.32. The minimum atomic E-state index is -0.380. The Morgan fingerprint density at radius 3 is 2.95 bits per heavy atom. The van der Waals surface area contributed by atoms with Crippen molar-refractivity contribution in [2.75, 3.05) is 5.32 Å². The van der Waals surface area contributed by atoms with E-state index in [0.29, 0.717) is 11.5 Å². The number of amides is 1. The van der Waals surface area contributed by atoms with Gasteiger partial charge in [-0.25, -0.2) is 0 Å².